The molecule has 2 atom stereocenters. The number of methoxy groups -OCH3 is 1. The van der Waals surface area contributed by atoms with Crippen LogP contribution < -0.4 is 10.2 Å². The number of piperidine rings is 1. The molecule has 0 bridgehead atoms. The number of carbonyl (C=O) groups excluding carboxylic acids is 1. The summed E-state index contributed by atoms with van der Waals surface area (Å²) in [4.78, 5) is 24.1. The lowest BCUT2D eigenvalue weighted by molar-refractivity contribution is -0.126. The molecule has 2 heterocycles. The fourth-order valence-electron chi connectivity index (χ4n) is 3.65. The lowest BCUT2D eigenvalue weighted by Crippen LogP contribution is -2.46. The third-order valence-electron chi connectivity index (χ3n) is 5.16. The standard InChI is InChI=1S/C20H28N4O4S/c1-13(12-28-3)21-19(25)15-6-5-9-24(11-15)20-22-14(2)17-8-7-16(29(4,26)27)10-18(17)23-20/h7-8,10,13,15H,5-6,9,11-12H2,1-4H3,(H,21,25)/t13-,15-/m1/s1. The molecule has 0 radical (unpaired) electrons. The first-order chi connectivity index (χ1) is 13.7. The zero-order valence-electron chi connectivity index (χ0n) is 17.3. The van der Waals surface area contributed by atoms with Crippen LogP contribution in [-0.2, 0) is 19.4 Å². The summed E-state index contributed by atoms with van der Waals surface area (Å²) in [5, 5.41) is 3.81. The van der Waals surface area contributed by atoms with Crippen molar-refractivity contribution < 1.29 is 17.9 Å². The SMILES string of the molecule is COC[C@@H](C)NC(=O)[C@@H]1CCCN(c2nc(C)c3ccc(S(C)(=O)=O)cc3n2)C1. The summed E-state index contributed by atoms with van der Waals surface area (Å²) in [5.74, 6) is 0.393. The van der Waals surface area contributed by atoms with Crippen molar-refractivity contribution in [1.29, 1.82) is 0 Å². The highest BCUT2D eigenvalue weighted by Gasteiger charge is 2.28. The molecule has 8 nitrogen and oxygen atoms in total. The molecule has 0 spiro atoms. The van der Waals surface area contributed by atoms with Crippen molar-refractivity contribution in [2.45, 2.75) is 37.6 Å². The number of ether oxygens (including phenoxy) is 1. The summed E-state index contributed by atoms with van der Waals surface area (Å²) in [5.41, 5.74) is 1.38. The van der Waals surface area contributed by atoms with E-state index in [0.717, 1.165) is 30.5 Å². The zero-order chi connectivity index (χ0) is 21.2. The topological polar surface area (TPSA) is 101 Å². The van der Waals surface area contributed by atoms with E-state index in [1.54, 1.807) is 25.3 Å². The van der Waals surface area contributed by atoms with Gasteiger partial charge >= 0.3 is 0 Å². The monoisotopic (exact) mass is 420 g/mol. The minimum absolute atomic E-state index is 0.0103. The van der Waals surface area contributed by atoms with Gasteiger partial charge in [0.2, 0.25) is 11.9 Å². The summed E-state index contributed by atoms with van der Waals surface area (Å²) < 4.78 is 28.9. The minimum atomic E-state index is -3.32. The van der Waals surface area contributed by atoms with Gasteiger partial charge in [0.15, 0.2) is 9.84 Å². The third-order valence-corrected chi connectivity index (χ3v) is 6.27. The summed E-state index contributed by atoms with van der Waals surface area (Å²) in [6.45, 7) is 5.56. The number of sulfone groups is 1. The number of aryl methyl sites for hydroxylation is 1. The summed E-state index contributed by atoms with van der Waals surface area (Å²) in [6.07, 6.45) is 2.86. The molecule has 3 rings (SSSR count). The Kier molecular flexibility index (Phi) is 6.38. The Morgan fingerprint density at radius 2 is 2.14 bits per heavy atom. The maximum absolute atomic E-state index is 12.6. The molecular weight excluding hydrogens is 392 g/mol. The smallest absolute Gasteiger partial charge is 0.226 e. The van der Waals surface area contributed by atoms with Crippen molar-refractivity contribution >= 4 is 32.6 Å². The molecule has 158 valence electrons. The van der Waals surface area contributed by atoms with Crippen molar-refractivity contribution in [3.63, 3.8) is 0 Å². The van der Waals surface area contributed by atoms with Gasteiger partial charge in [-0.15, -0.1) is 0 Å². The molecule has 0 saturated carbocycles. The van der Waals surface area contributed by atoms with Gasteiger partial charge in [-0.3, -0.25) is 4.79 Å². The van der Waals surface area contributed by atoms with Crippen LogP contribution in [0.3, 0.4) is 0 Å². The Balaban J connectivity index is 1.84. The molecule has 9 heteroatoms. The number of carbonyl (C=O) groups is 1. The molecule has 1 aromatic carbocycles. The number of rotatable bonds is 6. The first-order valence-corrected chi connectivity index (χ1v) is 11.6. The van der Waals surface area contributed by atoms with Crippen LogP contribution in [0, 0.1) is 12.8 Å². The zero-order valence-corrected chi connectivity index (χ0v) is 18.1. The van der Waals surface area contributed by atoms with E-state index < -0.39 is 9.84 Å². The van der Waals surface area contributed by atoms with Crippen LogP contribution in [0.15, 0.2) is 23.1 Å². The van der Waals surface area contributed by atoms with Crippen LogP contribution in [0.4, 0.5) is 5.95 Å². The van der Waals surface area contributed by atoms with Crippen LogP contribution >= 0.6 is 0 Å². The maximum Gasteiger partial charge on any atom is 0.226 e. The molecule has 1 aromatic heterocycles. The quantitative estimate of drug-likeness (QED) is 0.759. The van der Waals surface area contributed by atoms with E-state index in [1.807, 2.05) is 18.7 Å². The van der Waals surface area contributed by atoms with Gasteiger partial charge in [0, 0.05) is 37.9 Å². The summed E-state index contributed by atoms with van der Waals surface area (Å²) in [7, 11) is -1.71. The molecule has 1 fully saturated rings. The maximum atomic E-state index is 12.6. The van der Waals surface area contributed by atoms with Crippen molar-refractivity contribution in [2.24, 2.45) is 5.92 Å². The minimum Gasteiger partial charge on any atom is -0.383 e. The van der Waals surface area contributed by atoms with E-state index in [9.17, 15) is 13.2 Å². The van der Waals surface area contributed by atoms with E-state index >= 15 is 0 Å². The Morgan fingerprint density at radius 1 is 1.38 bits per heavy atom. The van der Waals surface area contributed by atoms with Gasteiger partial charge in [-0.2, -0.15) is 0 Å². The van der Waals surface area contributed by atoms with Gasteiger partial charge in [0.25, 0.3) is 0 Å². The average molecular weight is 421 g/mol. The summed E-state index contributed by atoms with van der Waals surface area (Å²) >= 11 is 0. The lowest BCUT2D eigenvalue weighted by Gasteiger charge is -2.32. The first-order valence-electron chi connectivity index (χ1n) is 9.71. The first kappa shape index (κ1) is 21.4. The Hall–Kier alpha value is -2.26. The van der Waals surface area contributed by atoms with Crippen LogP contribution in [0.5, 0.6) is 0 Å². The second kappa shape index (κ2) is 8.62. The molecule has 1 N–H and O–H groups in total. The molecular formula is C20H28N4O4S. The van der Waals surface area contributed by atoms with Crippen LogP contribution in [0.25, 0.3) is 10.9 Å². The number of amides is 1. The van der Waals surface area contributed by atoms with Crippen molar-refractivity contribution in [2.75, 3.05) is 38.0 Å². The van der Waals surface area contributed by atoms with E-state index in [-0.39, 0.29) is 22.8 Å². The number of aromatic nitrogens is 2. The van der Waals surface area contributed by atoms with Gasteiger partial charge < -0.3 is 15.0 Å². The molecule has 2 aromatic rings. The number of hydrogen-bond donors (Lipinski definition) is 1. The number of nitrogens with one attached hydrogen (secondary N) is 1. The lowest BCUT2D eigenvalue weighted by atomic mass is 9.97. The predicted octanol–water partition coefficient (Wildman–Crippen LogP) is 1.71. The fourth-order valence-corrected chi connectivity index (χ4v) is 4.29. The molecule has 29 heavy (non-hydrogen) atoms. The molecule has 1 saturated heterocycles. The number of benzene rings is 1. The van der Waals surface area contributed by atoms with E-state index in [4.69, 9.17) is 4.74 Å². The van der Waals surface area contributed by atoms with Crippen molar-refractivity contribution in [3.8, 4) is 0 Å². The van der Waals surface area contributed by atoms with Gasteiger partial charge in [0.05, 0.1) is 28.6 Å². The third kappa shape index (κ3) is 5.02. The van der Waals surface area contributed by atoms with E-state index in [2.05, 4.69) is 15.3 Å². The van der Waals surface area contributed by atoms with Gasteiger partial charge in [-0.1, -0.05) is 0 Å². The largest absolute Gasteiger partial charge is 0.383 e. The molecule has 1 amide bonds. The second-order valence-corrected chi connectivity index (χ2v) is 9.73. The number of anilines is 1. The van der Waals surface area contributed by atoms with E-state index in [1.165, 1.54) is 6.26 Å². The van der Waals surface area contributed by atoms with Crippen LogP contribution in [-0.4, -0.2) is 63.4 Å². The Morgan fingerprint density at radius 3 is 2.83 bits per heavy atom. The van der Waals surface area contributed by atoms with Crippen molar-refractivity contribution in [3.05, 3.63) is 23.9 Å². The fraction of sp³-hybridized carbons (Fsp3) is 0.550. The highest BCUT2D eigenvalue weighted by molar-refractivity contribution is 7.90. The molecule has 0 unspecified atom stereocenters. The Labute approximate surface area is 171 Å². The normalized spacial score (nSPS) is 18.6. The highest BCUT2D eigenvalue weighted by atomic mass is 32.2. The number of nitrogens with zero attached hydrogens (tertiary/aromatic N) is 3. The molecule has 1 aliphatic heterocycles. The van der Waals surface area contributed by atoms with Crippen molar-refractivity contribution in [1.82, 2.24) is 15.3 Å². The van der Waals surface area contributed by atoms with Gasteiger partial charge in [-0.25, -0.2) is 18.4 Å². The Bertz CT molecular complexity index is 1010. The average Bonchev–Trinajstić information content (AvgIpc) is 2.67. The van der Waals surface area contributed by atoms with E-state index in [0.29, 0.717) is 24.6 Å². The van der Waals surface area contributed by atoms with Crippen LogP contribution in [0.2, 0.25) is 0 Å². The predicted molar refractivity (Wildman–Crippen MR) is 112 cm³/mol. The van der Waals surface area contributed by atoms with Gasteiger partial charge in [-0.05, 0) is 44.9 Å². The second-order valence-electron chi connectivity index (χ2n) is 7.71. The number of fused-ring (bicyclic) bond motifs is 1. The number of hydrogen-bond acceptors (Lipinski definition) is 7. The molecule has 0 aliphatic carbocycles. The van der Waals surface area contributed by atoms with Crippen LogP contribution in [0.1, 0.15) is 25.5 Å². The summed E-state index contributed by atoms with van der Waals surface area (Å²) in [6, 6.07) is 4.87. The highest BCUT2D eigenvalue weighted by Crippen LogP contribution is 2.25. The molecule has 1 aliphatic rings. The van der Waals surface area contributed by atoms with Gasteiger partial charge in [0.1, 0.15) is 0 Å².